The SMILES string of the molecule is CC[SiH](CC)C(C)C. The molecule has 0 spiro atoms. The maximum absolute atomic E-state index is 2.36. The summed E-state index contributed by atoms with van der Waals surface area (Å²) in [7, 11) is -0.265. The Kier molecular flexibility index (Phi) is 4.24. The molecular weight excluding hydrogens is 112 g/mol. The quantitative estimate of drug-likeness (QED) is 0.515. The van der Waals surface area contributed by atoms with Crippen LogP contribution in [0, 0.1) is 0 Å². The Bertz CT molecular complexity index is 46.3. The molecule has 0 aromatic carbocycles. The van der Waals surface area contributed by atoms with Gasteiger partial charge in [-0.05, 0) is 0 Å². The third-order valence-corrected chi connectivity index (χ3v) is 5.97. The van der Waals surface area contributed by atoms with Crippen LogP contribution in [0.1, 0.15) is 27.7 Å². The molecule has 0 aliphatic rings. The Labute approximate surface area is 54.9 Å². The zero-order chi connectivity index (χ0) is 6.57. The second-order valence-electron chi connectivity index (χ2n) is 2.82. The highest BCUT2D eigenvalue weighted by Gasteiger charge is 2.08. The molecule has 0 N–H and O–H groups in total. The summed E-state index contributed by atoms with van der Waals surface area (Å²) in [6, 6.07) is 2.96. The van der Waals surface area contributed by atoms with E-state index in [1.807, 2.05) is 0 Å². The van der Waals surface area contributed by atoms with E-state index in [9.17, 15) is 0 Å². The Morgan fingerprint density at radius 1 is 1.12 bits per heavy atom. The third kappa shape index (κ3) is 2.51. The molecule has 0 fully saturated rings. The zero-order valence-electron chi connectivity index (χ0n) is 6.57. The average molecular weight is 130 g/mol. The molecule has 0 rings (SSSR count). The van der Waals surface area contributed by atoms with Crippen LogP contribution >= 0.6 is 0 Å². The fourth-order valence-electron chi connectivity index (χ4n) is 1.23. The molecule has 0 bridgehead atoms. The van der Waals surface area contributed by atoms with Crippen LogP contribution in [0.4, 0.5) is 0 Å². The minimum atomic E-state index is -0.265. The zero-order valence-corrected chi connectivity index (χ0v) is 7.72. The van der Waals surface area contributed by atoms with E-state index in [1.54, 1.807) is 0 Å². The molecule has 0 radical (unpaired) electrons. The Morgan fingerprint density at radius 2 is 1.50 bits per heavy atom. The van der Waals surface area contributed by atoms with Crippen LogP contribution in [0.2, 0.25) is 17.6 Å². The van der Waals surface area contributed by atoms with Crippen molar-refractivity contribution in [1.29, 1.82) is 0 Å². The molecule has 0 saturated heterocycles. The van der Waals surface area contributed by atoms with Crippen LogP contribution in [-0.4, -0.2) is 8.80 Å². The van der Waals surface area contributed by atoms with Crippen LogP contribution in [0.25, 0.3) is 0 Å². The van der Waals surface area contributed by atoms with E-state index < -0.39 is 0 Å². The van der Waals surface area contributed by atoms with Crippen molar-refractivity contribution in [3.63, 3.8) is 0 Å². The lowest BCUT2D eigenvalue weighted by atomic mass is 10.6. The summed E-state index contributed by atoms with van der Waals surface area (Å²) in [4.78, 5) is 0. The summed E-state index contributed by atoms with van der Waals surface area (Å²) in [5.41, 5.74) is 1.02. The molecule has 8 heavy (non-hydrogen) atoms. The predicted octanol–water partition coefficient (Wildman–Crippen LogP) is 2.66. The van der Waals surface area contributed by atoms with Gasteiger partial charge in [0.05, 0.1) is 0 Å². The van der Waals surface area contributed by atoms with Gasteiger partial charge in [-0.3, -0.25) is 0 Å². The Hall–Kier alpha value is 0.217. The smallest absolute Gasteiger partial charge is 0.0388 e. The highest BCUT2D eigenvalue weighted by Crippen LogP contribution is 2.14. The van der Waals surface area contributed by atoms with E-state index in [2.05, 4.69) is 27.7 Å². The van der Waals surface area contributed by atoms with E-state index in [1.165, 1.54) is 12.1 Å². The minimum Gasteiger partial charge on any atom is -0.0680 e. The van der Waals surface area contributed by atoms with Crippen LogP contribution in [-0.2, 0) is 0 Å². The van der Waals surface area contributed by atoms with Crippen molar-refractivity contribution < 1.29 is 0 Å². The van der Waals surface area contributed by atoms with Gasteiger partial charge in [0.25, 0.3) is 0 Å². The van der Waals surface area contributed by atoms with Crippen LogP contribution in [0.5, 0.6) is 0 Å². The second-order valence-corrected chi connectivity index (χ2v) is 7.31. The predicted molar refractivity (Wildman–Crippen MR) is 43.2 cm³/mol. The van der Waals surface area contributed by atoms with Crippen LogP contribution in [0.15, 0.2) is 0 Å². The normalized spacial score (nSPS) is 11.2. The molecule has 0 unspecified atom stereocenters. The Morgan fingerprint density at radius 3 is 1.50 bits per heavy atom. The molecular formula is C7H18Si. The number of hydrogen-bond acceptors (Lipinski definition) is 0. The number of rotatable bonds is 3. The molecule has 0 aromatic heterocycles. The summed E-state index contributed by atoms with van der Waals surface area (Å²) in [6.07, 6.45) is 0. The van der Waals surface area contributed by atoms with Gasteiger partial charge in [0, 0.05) is 8.80 Å². The van der Waals surface area contributed by atoms with Gasteiger partial charge in [-0.1, -0.05) is 45.3 Å². The van der Waals surface area contributed by atoms with Gasteiger partial charge >= 0.3 is 0 Å². The molecule has 0 heterocycles. The van der Waals surface area contributed by atoms with Crippen molar-refractivity contribution >= 4 is 8.80 Å². The first-order chi connectivity index (χ1) is 3.72. The van der Waals surface area contributed by atoms with Crippen molar-refractivity contribution in [3.8, 4) is 0 Å². The van der Waals surface area contributed by atoms with Crippen molar-refractivity contribution in [1.82, 2.24) is 0 Å². The van der Waals surface area contributed by atoms with Gasteiger partial charge in [-0.15, -0.1) is 0 Å². The van der Waals surface area contributed by atoms with Gasteiger partial charge in [0.1, 0.15) is 0 Å². The van der Waals surface area contributed by atoms with E-state index in [0.29, 0.717) is 0 Å². The lowest BCUT2D eigenvalue weighted by Crippen LogP contribution is -2.12. The molecule has 0 amide bonds. The average Bonchev–Trinajstić information content (AvgIpc) is 1.69. The number of hydrogen-bond donors (Lipinski definition) is 0. The first kappa shape index (κ1) is 8.22. The largest absolute Gasteiger partial charge is 0.0680 e. The van der Waals surface area contributed by atoms with Crippen molar-refractivity contribution in [2.24, 2.45) is 0 Å². The molecule has 0 nitrogen and oxygen atoms in total. The molecule has 0 aromatic rings. The summed E-state index contributed by atoms with van der Waals surface area (Å²) in [5.74, 6) is 0. The van der Waals surface area contributed by atoms with Gasteiger partial charge in [-0.25, -0.2) is 0 Å². The maximum atomic E-state index is 2.36. The van der Waals surface area contributed by atoms with Gasteiger partial charge in [0.2, 0.25) is 0 Å². The Balaban J connectivity index is 3.35. The van der Waals surface area contributed by atoms with Crippen LogP contribution < -0.4 is 0 Å². The van der Waals surface area contributed by atoms with E-state index in [4.69, 9.17) is 0 Å². The highest BCUT2D eigenvalue weighted by atomic mass is 28.3. The second kappa shape index (κ2) is 4.13. The fraction of sp³-hybridized carbons (Fsp3) is 1.00. The highest BCUT2D eigenvalue weighted by molar-refractivity contribution is 6.60. The van der Waals surface area contributed by atoms with E-state index >= 15 is 0 Å². The summed E-state index contributed by atoms with van der Waals surface area (Å²) < 4.78 is 0. The standard InChI is InChI=1S/C7H18Si/c1-5-8(6-2)7(3)4/h7-8H,5-6H2,1-4H3. The van der Waals surface area contributed by atoms with E-state index in [0.717, 1.165) is 5.54 Å². The first-order valence-corrected chi connectivity index (χ1v) is 6.02. The van der Waals surface area contributed by atoms with Gasteiger partial charge < -0.3 is 0 Å². The van der Waals surface area contributed by atoms with E-state index in [-0.39, 0.29) is 8.80 Å². The molecule has 1 heteroatoms. The summed E-state index contributed by atoms with van der Waals surface area (Å²) in [5, 5.41) is 0. The molecule has 0 saturated carbocycles. The topological polar surface area (TPSA) is 0 Å². The minimum absolute atomic E-state index is 0.265. The lowest BCUT2D eigenvalue weighted by molar-refractivity contribution is 1.00. The fourth-order valence-corrected chi connectivity index (χ4v) is 3.69. The molecule has 0 aliphatic carbocycles. The van der Waals surface area contributed by atoms with Gasteiger partial charge in [0.15, 0.2) is 0 Å². The van der Waals surface area contributed by atoms with Crippen LogP contribution in [0.3, 0.4) is 0 Å². The molecule has 0 aliphatic heterocycles. The van der Waals surface area contributed by atoms with Crippen molar-refractivity contribution in [2.75, 3.05) is 0 Å². The lowest BCUT2D eigenvalue weighted by Gasteiger charge is -2.13. The maximum Gasteiger partial charge on any atom is 0.0388 e. The molecule has 50 valence electrons. The van der Waals surface area contributed by atoms with Crippen molar-refractivity contribution in [3.05, 3.63) is 0 Å². The third-order valence-electron chi connectivity index (χ3n) is 1.99. The summed E-state index contributed by atoms with van der Waals surface area (Å²) >= 11 is 0. The van der Waals surface area contributed by atoms with Gasteiger partial charge in [-0.2, -0.15) is 0 Å². The van der Waals surface area contributed by atoms with Crippen molar-refractivity contribution in [2.45, 2.75) is 45.3 Å². The molecule has 0 atom stereocenters. The monoisotopic (exact) mass is 130 g/mol. The summed E-state index contributed by atoms with van der Waals surface area (Å²) in [6.45, 7) is 9.40. The first-order valence-electron chi connectivity index (χ1n) is 3.72.